The Morgan fingerprint density at radius 3 is 2.78 bits per heavy atom. The van der Waals surface area contributed by atoms with Gasteiger partial charge in [-0.05, 0) is 48.4 Å². The van der Waals surface area contributed by atoms with E-state index >= 15 is 0 Å². The summed E-state index contributed by atoms with van der Waals surface area (Å²) in [5.41, 5.74) is 6.50. The summed E-state index contributed by atoms with van der Waals surface area (Å²) < 4.78 is 31.5. The van der Waals surface area contributed by atoms with Crippen LogP contribution < -0.4 is 10.5 Å². The summed E-state index contributed by atoms with van der Waals surface area (Å²) in [4.78, 5) is 0. The fourth-order valence-corrected chi connectivity index (χ4v) is 1.68. The molecule has 98 valence electrons. The summed E-state index contributed by atoms with van der Waals surface area (Å²) in [5.74, 6) is 0.454. The van der Waals surface area contributed by atoms with Crippen molar-refractivity contribution in [1.29, 1.82) is 0 Å². The van der Waals surface area contributed by atoms with Crippen LogP contribution in [0.2, 0.25) is 0 Å². The van der Waals surface area contributed by atoms with Gasteiger partial charge in [0, 0.05) is 6.54 Å². The first kappa shape index (κ1) is 13.0. The summed E-state index contributed by atoms with van der Waals surface area (Å²) in [6.07, 6.45) is 3.14. The lowest BCUT2D eigenvalue weighted by Crippen LogP contribution is -2.06. The highest BCUT2D eigenvalue weighted by Gasteiger charge is 2.22. The predicted octanol–water partition coefficient (Wildman–Crippen LogP) is 2.97. The number of ether oxygens (including phenoxy) is 1. The van der Waals surface area contributed by atoms with Crippen molar-refractivity contribution in [3.63, 3.8) is 0 Å². The number of benzene rings is 1. The summed E-state index contributed by atoms with van der Waals surface area (Å²) in [6.45, 7) is 0.715. The van der Waals surface area contributed by atoms with Crippen LogP contribution >= 0.6 is 0 Å². The molecule has 0 aromatic heterocycles. The van der Waals surface area contributed by atoms with E-state index in [0.717, 1.165) is 0 Å². The van der Waals surface area contributed by atoms with E-state index in [-0.39, 0.29) is 12.3 Å². The second-order valence-corrected chi connectivity index (χ2v) is 4.67. The first-order chi connectivity index (χ1) is 8.72. The Morgan fingerprint density at radius 2 is 2.22 bits per heavy atom. The fourth-order valence-electron chi connectivity index (χ4n) is 1.68. The average molecular weight is 253 g/mol. The van der Waals surface area contributed by atoms with Gasteiger partial charge in [-0.1, -0.05) is 6.07 Å². The lowest BCUT2D eigenvalue weighted by molar-refractivity contribution is 0.285. The fraction of sp³-hybridized carbons (Fsp3) is 0.429. The molecule has 1 aliphatic carbocycles. The molecule has 1 saturated carbocycles. The Labute approximate surface area is 105 Å². The van der Waals surface area contributed by atoms with Gasteiger partial charge in [0.05, 0.1) is 12.9 Å². The minimum absolute atomic E-state index is 0.137. The van der Waals surface area contributed by atoms with Crippen molar-refractivity contribution in [3.8, 4) is 5.75 Å². The molecule has 0 heterocycles. The van der Waals surface area contributed by atoms with Crippen molar-refractivity contribution in [1.82, 2.24) is 0 Å². The van der Waals surface area contributed by atoms with Crippen LogP contribution in [0.25, 0.3) is 0 Å². The number of nitrogens with two attached hydrogens (primary N) is 1. The molecule has 0 spiro atoms. The molecule has 0 saturated heterocycles. The van der Waals surface area contributed by atoms with Gasteiger partial charge in [0.1, 0.15) is 0 Å². The van der Waals surface area contributed by atoms with Crippen molar-refractivity contribution in [2.75, 3.05) is 13.2 Å². The molecule has 0 bridgehead atoms. The van der Waals surface area contributed by atoms with Gasteiger partial charge in [0.2, 0.25) is 0 Å². The Balaban J connectivity index is 1.99. The van der Waals surface area contributed by atoms with E-state index in [0.29, 0.717) is 36.4 Å². The van der Waals surface area contributed by atoms with Gasteiger partial charge < -0.3 is 10.5 Å². The smallest absolute Gasteiger partial charge is 0.165 e. The van der Waals surface area contributed by atoms with Gasteiger partial charge in [-0.2, -0.15) is 0 Å². The van der Waals surface area contributed by atoms with Gasteiger partial charge in [-0.25, -0.2) is 8.78 Å². The van der Waals surface area contributed by atoms with Crippen LogP contribution in [-0.2, 0) is 6.42 Å². The molecule has 4 heteroatoms. The van der Waals surface area contributed by atoms with Crippen LogP contribution in [0, 0.1) is 11.7 Å². The third kappa shape index (κ3) is 3.53. The lowest BCUT2D eigenvalue weighted by Gasteiger charge is -2.08. The average Bonchev–Trinajstić information content (AvgIpc) is 3.19. The van der Waals surface area contributed by atoms with Gasteiger partial charge in [-0.3, -0.25) is 0 Å². The van der Waals surface area contributed by atoms with Crippen molar-refractivity contribution in [2.24, 2.45) is 11.7 Å². The molecule has 2 nitrogen and oxygen atoms in total. The molecule has 18 heavy (non-hydrogen) atoms. The van der Waals surface area contributed by atoms with Gasteiger partial charge in [0.15, 0.2) is 11.6 Å². The summed E-state index contributed by atoms with van der Waals surface area (Å²) in [6, 6.07) is 4.71. The maximum absolute atomic E-state index is 13.7. The van der Waals surface area contributed by atoms with E-state index in [1.165, 1.54) is 18.9 Å². The molecule has 1 aliphatic rings. The largest absolute Gasteiger partial charge is 0.490 e. The third-order valence-electron chi connectivity index (χ3n) is 3.02. The van der Waals surface area contributed by atoms with Crippen LogP contribution in [0.3, 0.4) is 0 Å². The van der Waals surface area contributed by atoms with Gasteiger partial charge in [-0.15, -0.1) is 0 Å². The zero-order valence-corrected chi connectivity index (χ0v) is 10.2. The van der Waals surface area contributed by atoms with E-state index in [9.17, 15) is 8.78 Å². The second kappa shape index (κ2) is 5.96. The normalized spacial score (nSPS) is 15.8. The number of hydrogen-bond acceptors (Lipinski definition) is 2. The number of halogens is 2. The van der Waals surface area contributed by atoms with Crippen molar-refractivity contribution in [3.05, 3.63) is 41.5 Å². The number of rotatable bonds is 6. The molecule has 2 rings (SSSR count). The summed E-state index contributed by atoms with van der Waals surface area (Å²) in [7, 11) is 0. The monoisotopic (exact) mass is 253 g/mol. The molecule has 1 fully saturated rings. The van der Waals surface area contributed by atoms with Gasteiger partial charge in [0.25, 0.3) is 0 Å². The van der Waals surface area contributed by atoms with Crippen molar-refractivity contribution < 1.29 is 13.5 Å². The Morgan fingerprint density at radius 1 is 1.44 bits per heavy atom. The number of hydrogen-bond donors (Lipinski definition) is 1. The Kier molecular flexibility index (Phi) is 4.31. The highest BCUT2D eigenvalue weighted by atomic mass is 19.1. The SMILES string of the molecule is NCC(=CF)Cc1ccc(OCC2CC2)c(F)c1. The Hall–Kier alpha value is -1.42. The summed E-state index contributed by atoms with van der Waals surface area (Å²) >= 11 is 0. The zero-order chi connectivity index (χ0) is 13.0. The molecule has 0 atom stereocenters. The minimum Gasteiger partial charge on any atom is -0.490 e. The van der Waals surface area contributed by atoms with E-state index in [1.807, 2.05) is 0 Å². The van der Waals surface area contributed by atoms with Crippen LogP contribution in [0.15, 0.2) is 30.1 Å². The maximum Gasteiger partial charge on any atom is 0.165 e. The second-order valence-electron chi connectivity index (χ2n) is 4.67. The molecule has 2 N–H and O–H groups in total. The molecule has 1 aromatic carbocycles. The molecule has 1 aromatic rings. The first-order valence-electron chi connectivity index (χ1n) is 6.12. The molecule has 0 aliphatic heterocycles. The first-order valence-corrected chi connectivity index (χ1v) is 6.12. The minimum atomic E-state index is -0.400. The molecule has 0 amide bonds. The quantitative estimate of drug-likeness (QED) is 0.846. The van der Waals surface area contributed by atoms with Gasteiger partial charge >= 0.3 is 0 Å². The molecule has 0 radical (unpaired) electrons. The topological polar surface area (TPSA) is 35.2 Å². The lowest BCUT2D eigenvalue weighted by atomic mass is 10.1. The van der Waals surface area contributed by atoms with Crippen LogP contribution in [0.1, 0.15) is 18.4 Å². The van der Waals surface area contributed by atoms with Crippen molar-refractivity contribution in [2.45, 2.75) is 19.3 Å². The maximum atomic E-state index is 13.7. The molecular formula is C14H17F2NO. The summed E-state index contributed by atoms with van der Waals surface area (Å²) in [5, 5.41) is 0. The third-order valence-corrected chi connectivity index (χ3v) is 3.02. The highest BCUT2D eigenvalue weighted by Crippen LogP contribution is 2.30. The van der Waals surface area contributed by atoms with E-state index in [1.54, 1.807) is 12.1 Å². The standard InChI is InChI=1S/C14H17F2NO/c15-7-12(8-17)5-11-3-4-14(13(16)6-11)18-9-10-1-2-10/h3-4,6-7,10H,1-2,5,8-9,17H2. The van der Waals surface area contributed by atoms with E-state index in [2.05, 4.69) is 0 Å². The zero-order valence-electron chi connectivity index (χ0n) is 10.2. The predicted molar refractivity (Wildman–Crippen MR) is 66.6 cm³/mol. The molecule has 0 unspecified atom stereocenters. The van der Waals surface area contributed by atoms with Crippen LogP contribution in [0.5, 0.6) is 5.75 Å². The van der Waals surface area contributed by atoms with Crippen LogP contribution in [-0.4, -0.2) is 13.2 Å². The van der Waals surface area contributed by atoms with E-state index in [4.69, 9.17) is 10.5 Å². The Bertz CT molecular complexity index is 441. The van der Waals surface area contributed by atoms with Crippen molar-refractivity contribution >= 4 is 0 Å². The molecular weight excluding hydrogens is 236 g/mol. The van der Waals surface area contributed by atoms with Crippen LogP contribution in [0.4, 0.5) is 8.78 Å². The van der Waals surface area contributed by atoms with E-state index < -0.39 is 5.82 Å². The highest BCUT2D eigenvalue weighted by molar-refractivity contribution is 5.31.